The van der Waals surface area contributed by atoms with Gasteiger partial charge in [-0.15, -0.1) is 0 Å². The Hall–Kier alpha value is -1.35. The second kappa shape index (κ2) is 3.07. The van der Waals surface area contributed by atoms with Crippen LogP contribution in [0.2, 0.25) is 0 Å². The highest BCUT2D eigenvalue weighted by Gasteiger charge is 2.38. The highest BCUT2D eigenvalue weighted by Crippen LogP contribution is 2.45. The van der Waals surface area contributed by atoms with Crippen LogP contribution < -0.4 is 5.73 Å². The first-order valence-electron chi connectivity index (χ1n) is 5.48. The molecule has 2 aromatic rings. The van der Waals surface area contributed by atoms with Crippen molar-refractivity contribution >= 4 is 11.0 Å². The highest BCUT2D eigenvalue weighted by atomic mass is 14.8. The van der Waals surface area contributed by atoms with E-state index >= 15 is 0 Å². The summed E-state index contributed by atoms with van der Waals surface area (Å²) in [5.41, 5.74) is 8.48. The number of hydrogen-bond donors (Lipinski definition) is 2. The van der Waals surface area contributed by atoms with Gasteiger partial charge in [0, 0.05) is 29.7 Å². The molecule has 0 amide bonds. The van der Waals surface area contributed by atoms with E-state index in [1.807, 2.05) is 12.3 Å². The lowest BCUT2D eigenvalue weighted by molar-refractivity contribution is 0.255. The predicted octanol–water partition coefficient (Wildman–Crippen LogP) is 1.94. The Kier molecular flexibility index (Phi) is 1.83. The summed E-state index contributed by atoms with van der Waals surface area (Å²) in [5, 5.41) is 1.24. The lowest BCUT2D eigenvalue weighted by Crippen LogP contribution is -2.41. The van der Waals surface area contributed by atoms with Crippen molar-refractivity contribution < 1.29 is 0 Å². The maximum atomic E-state index is 5.92. The van der Waals surface area contributed by atoms with Crippen molar-refractivity contribution in [3.8, 4) is 0 Å². The van der Waals surface area contributed by atoms with E-state index in [1.165, 1.54) is 30.2 Å². The van der Waals surface area contributed by atoms with E-state index in [0.29, 0.717) is 0 Å². The van der Waals surface area contributed by atoms with E-state index in [1.54, 1.807) is 0 Å². The maximum Gasteiger partial charge on any atom is 0.137 e. The number of aromatic nitrogens is 2. The van der Waals surface area contributed by atoms with E-state index < -0.39 is 0 Å². The Labute approximate surface area is 88.7 Å². The molecule has 0 unspecified atom stereocenters. The summed E-state index contributed by atoms with van der Waals surface area (Å²) in [5.74, 6) is 0. The Bertz CT molecular complexity index is 477. The van der Waals surface area contributed by atoms with Crippen LogP contribution in [0.25, 0.3) is 11.0 Å². The number of nitrogens with two attached hydrogens (primary N) is 1. The summed E-state index contributed by atoms with van der Waals surface area (Å²) in [6.07, 6.45) is 7.63. The van der Waals surface area contributed by atoms with Gasteiger partial charge in [0.1, 0.15) is 5.65 Å². The molecule has 0 bridgehead atoms. The minimum Gasteiger partial charge on any atom is -0.346 e. The molecule has 0 atom stereocenters. The molecule has 0 saturated heterocycles. The molecular formula is C12H15N3. The van der Waals surface area contributed by atoms with Crippen LogP contribution >= 0.6 is 0 Å². The average Bonchev–Trinajstić information content (AvgIpc) is 2.62. The standard InChI is InChI=1S/C12H15N3/c13-8-12(4-2-5-12)10-7-15-11-9(10)3-1-6-14-11/h1,3,6-7H,2,4-5,8,13H2,(H,14,15). The maximum absolute atomic E-state index is 5.92. The molecule has 0 radical (unpaired) electrons. The van der Waals surface area contributed by atoms with E-state index in [4.69, 9.17) is 5.73 Å². The van der Waals surface area contributed by atoms with Gasteiger partial charge in [-0.3, -0.25) is 0 Å². The van der Waals surface area contributed by atoms with Crippen LogP contribution in [0.5, 0.6) is 0 Å². The van der Waals surface area contributed by atoms with Gasteiger partial charge in [0.2, 0.25) is 0 Å². The minimum absolute atomic E-state index is 0.223. The number of pyridine rings is 1. The number of aromatic amines is 1. The fourth-order valence-corrected chi connectivity index (χ4v) is 2.58. The van der Waals surface area contributed by atoms with Crippen molar-refractivity contribution in [3.05, 3.63) is 30.1 Å². The van der Waals surface area contributed by atoms with Gasteiger partial charge in [0.15, 0.2) is 0 Å². The van der Waals surface area contributed by atoms with Crippen LogP contribution in [-0.4, -0.2) is 16.5 Å². The Morgan fingerprint density at radius 2 is 2.33 bits per heavy atom. The van der Waals surface area contributed by atoms with Crippen LogP contribution in [0.4, 0.5) is 0 Å². The Morgan fingerprint density at radius 3 is 3.00 bits per heavy atom. The third-order valence-electron chi connectivity index (χ3n) is 3.72. The van der Waals surface area contributed by atoms with Crippen LogP contribution in [0.3, 0.4) is 0 Å². The van der Waals surface area contributed by atoms with Crippen LogP contribution in [0.15, 0.2) is 24.5 Å². The van der Waals surface area contributed by atoms with E-state index in [9.17, 15) is 0 Å². The lowest BCUT2D eigenvalue weighted by Gasteiger charge is -2.41. The topological polar surface area (TPSA) is 54.7 Å². The van der Waals surface area contributed by atoms with Gasteiger partial charge in [-0.25, -0.2) is 4.98 Å². The van der Waals surface area contributed by atoms with Crippen molar-refractivity contribution in [1.82, 2.24) is 9.97 Å². The first-order valence-corrected chi connectivity index (χ1v) is 5.48. The molecule has 0 spiro atoms. The largest absolute Gasteiger partial charge is 0.346 e. The molecule has 3 heteroatoms. The van der Waals surface area contributed by atoms with E-state index in [2.05, 4.69) is 22.2 Å². The zero-order chi connectivity index (χ0) is 10.3. The number of rotatable bonds is 2. The lowest BCUT2D eigenvalue weighted by atomic mass is 9.64. The summed E-state index contributed by atoms with van der Waals surface area (Å²) in [4.78, 5) is 7.54. The molecule has 3 N–H and O–H groups in total. The monoisotopic (exact) mass is 201 g/mol. The number of fused-ring (bicyclic) bond motifs is 1. The van der Waals surface area contributed by atoms with E-state index in [0.717, 1.165) is 12.2 Å². The second-order valence-corrected chi connectivity index (χ2v) is 4.44. The molecular weight excluding hydrogens is 186 g/mol. The van der Waals surface area contributed by atoms with Gasteiger partial charge < -0.3 is 10.7 Å². The average molecular weight is 201 g/mol. The zero-order valence-corrected chi connectivity index (χ0v) is 8.66. The number of H-pyrrole nitrogens is 1. The molecule has 0 aromatic carbocycles. The molecule has 0 aliphatic heterocycles. The van der Waals surface area contributed by atoms with Crippen LogP contribution in [0.1, 0.15) is 24.8 Å². The molecule has 1 saturated carbocycles. The molecule has 2 aromatic heterocycles. The number of nitrogens with one attached hydrogen (secondary N) is 1. The van der Waals surface area contributed by atoms with E-state index in [-0.39, 0.29) is 5.41 Å². The second-order valence-electron chi connectivity index (χ2n) is 4.44. The Balaban J connectivity index is 2.18. The zero-order valence-electron chi connectivity index (χ0n) is 8.66. The molecule has 15 heavy (non-hydrogen) atoms. The first kappa shape index (κ1) is 8.92. The molecule has 3 nitrogen and oxygen atoms in total. The van der Waals surface area contributed by atoms with Crippen molar-refractivity contribution in [2.45, 2.75) is 24.7 Å². The molecule has 3 rings (SSSR count). The summed E-state index contributed by atoms with van der Waals surface area (Å²) < 4.78 is 0. The molecule has 1 aliphatic rings. The van der Waals surface area contributed by atoms with Crippen LogP contribution in [-0.2, 0) is 5.41 Å². The third-order valence-corrected chi connectivity index (χ3v) is 3.72. The number of nitrogens with zero attached hydrogens (tertiary/aromatic N) is 1. The summed E-state index contributed by atoms with van der Waals surface area (Å²) >= 11 is 0. The first-order chi connectivity index (χ1) is 7.36. The Morgan fingerprint density at radius 1 is 1.47 bits per heavy atom. The fraction of sp³-hybridized carbons (Fsp3) is 0.417. The quantitative estimate of drug-likeness (QED) is 0.780. The van der Waals surface area contributed by atoms with Crippen molar-refractivity contribution in [2.24, 2.45) is 5.73 Å². The fourth-order valence-electron chi connectivity index (χ4n) is 2.58. The molecule has 1 aliphatic carbocycles. The minimum atomic E-state index is 0.223. The summed E-state index contributed by atoms with van der Waals surface area (Å²) in [6.45, 7) is 0.745. The summed E-state index contributed by atoms with van der Waals surface area (Å²) in [6, 6.07) is 4.12. The van der Waals surface area contributed by atoms with Gasteiger partial charge in [-0.2, -0.15) is 0 Å². The third kappa shape index (κ3) is 1.13. The van der Waals surface area contributed by atoms with Crippen molar-refractivity contribution in [3.63, 3.8) is 0 Å². The molecule has 2 heterocycles. The molecule has 1 fully saturated rings. The van der Waals surface area contributed by atoms with Gasteiger partial charge >= 0.3 is 0 Å². The number of hydrogen-bond acceptors (Lipinski definition) is 2. The highest BCUT2D eigenvalue weighted by molar-refractivity contribution is 5.81. The van der Waals surface area contributed by atoms with Gasteiger partial charge in [-0.1, -0.05) is 6.42 Å². The van der Waals surface area contributed by atoms with Gasteiger partial charge in [0.25, 0.3) is 0 Å². The smallest absolute Gasteiger partial charge is 0.137 e. The van der Waals surface area contributed by atoms with Gasteiger partial charge in [-0.05, 0) is 30.5 Å². The summed E-state index contributed by atoms with van der Waals surface area (Å²) in [7, 11) is 0. The SMILES string of the molecule is NCC1(c2c[nH]c3ncccc23)CCC1. The predicted molar refractivity (Wildman–Crippen MR) is 60.7 cm³/mol. The van der Waals surface area contributed by atoms with Crippen LogP contribution in [0, 0.1) is 0 Å². The van der Waals surface area contributed by atoms with Crippen molar-refractivity contribution in [2.75, 3.05) is 6.54 Å². The normalized spacial score (nSPS) is 19.0. The molecule has 78 valence electrons. The van der Waals surface area contributed by atoms with Gasteiger partial charge in [0.05, 0.1) is 0 Å². The van der Waals surface area contributed by atoms with Crippen molar-refractivity contribution in [1.29, 1.82) is 0 Å².